The van der Waals surface area contributed by atoms with E-state index in [1.807, 2.05) is 54.6 Å². The largest absolute Gasteiger partial charge is 0.459 e. The zero-order valence-electron chi connectivity index (χ0n) is 10.1. The zero-order chi connectivity index (χ0) is 13.1. The monoisotopic (exact) mass is 270 g/mol. The Morgan fingerprint density at radius 1 is 0.895 bits per heavy atom. The van der Waals surface area contributed by atoms with E-state index >= 15 is 0 Å². The number of rotatable bonds is 3. The van der Waals surface area contributed by atoms with Gasteiger partial charge in [0, 0.05) is 5.39 Å². The summed E-state index contributed by atoms with van der Waals surface area (Å²) in [4.78, 5) is 8.48. The molecule has 0 aliphatic rings. The van der Waals surface area contributed by atoms with Gasteiger partial charge in [0.15, 0.2) is 0 Å². The van der Waals surface area contributed by atoms with Crippen molar-refractivity contribution < 1.29 is 4.74 Å². The van der Waals surface area contributed by atoms with Gasteiger partial charge in [-0.25, -0.2) is 0 Å². The van der Waals surface area contributed by atoms with E-state index in [1.54, 1.807) is 0 Å². The molecule has 0 amide bonds. The van der Waals surface area contributed by atoms with Gasteiger partial charge in [-0.1, -0.05) is 54.1 Å². The van der Waals surface area contributed by atoms with Crippen molar-refractivity contribution in [1.29, 1.82) is 0 Å². The van der Waals surface area contributed by atoms with E-state index in [0.29, 0.717) is 17.8 Å². The number of aromatic nitrogens is 2. The maximum absolute atomic E-state index is 6.11. The molecule has 0 aliphatic heterocycles. The summed E-state index contributed by atoms with van der Waals surface area (Å²) < 4.78 is 5.57. The van der Waals surface area contributed by atoms with Crippen molar-refractivity contribution in [1.82, 2.24) is 9.97 Å². The third-order valence-electron chi connectivity index (χ3n) is 2.75. The summed E-state index contributed by atoms with van der Waals surface area (Å²) >= 11 is 6.11. The summed E-state index contributed by atoms with van der Waals surface area (Å²) in [5.41, 5.74) is 1.85. The van der Waals surface area contributed by atoms with Gasteiger partial charge >= 0.3 is 6.01 Å². The molecule has 3 nitrogen and oxygen atoms in total. The third kappa shape index (κ3) is 2.66. The van der Waals surface area contributed by atoms with Gasteiger partial charge in [-0.2, -0.15) is 9.97 Å². The SMILES string of the molecule is Clc1nc(OCc2ccccc2)nc2ccccc12. The number of halogens is 1. The predicted octanol–water partition coefficient (Wildman–Crippen LogP) is 3.86. The van der Waals surface area contributed by atoms with Crippen molar-refractivity contribution in [3.63, 3.8) is 0 Å². The number of hydrogen-bond donors (Lipinski definition) is 0. The van der Waals surface area contributed by atoms with Crippen LogP contribution >= 0.6 is 11.6 Å². The fourth-order valence-electron chi connectivity index (χ4n) is 1.80. The van der Waals surface area contributed by atoms with Crippen LogP contribution in [0.2, 0.25) is 5.15 Å². The van der Waals surface area contributed by atoms with Crippen molar-refractivity contribution in [3.05, 3.63) is 65.3 Å². The summed E-state index contributed by atoms with van der Waals surface area (Å²) in [6, 6.07) is 17.8. The highest BCUT2D eigenvalue weighted by molar-refractivity contribution is 6.34. The van der Waals surface area contributed by atoms with Gasteiger partial charge < -0.3 is 4.74 Å². The lowest BCUT2D eigenvalue weighted by molar-refractivity contribution is 0.282. The Morgan fingerprint density at radius 3 is 2.47 bits per heavy atom. The maximum Gasteiger partial charge on any atom is 0.318 e. The highest BCUT2D eigenvalue weighted by Gasteiger charge is 2.06. The number of nitrogens with zero attached hydrogens (tertiary/aromatic N) is 2. The fraction of sp³-hybridized carbons (Fsp3) is 0.0667. The molecule has 0 fully saturated rings. The Hall–Kier alpha value is -2.13. The Balaban J connectivity index is 1.85. The molecule has 0 saturated carbocycles. The lowest BCUT2D eigenvalue weighted by atomic mass is 10.2. The van der Waals surface area contributed by atoms with Crippen molar-refractivity contribution in [2.24, 2.45) is 0 Å². The van der Waals surface area contributed by atoms with Crippen molar-refractivity contribution in [2.75, 3.05) is 0 Å². The van der Waals surface area contributed by atoms with Gasteiger partial charge in [-0.05, 0) is 17.7 Å². The predicted molar refractivity (Wildman–Crippen MR) is 75.3 cm³/mol. The number of benzene rings is 2. The first-order chi connectivity index (χ1) is 9.33. The first kappa shape index (κ1) is 11.9. The molecule has 0 aliphatic carbocycles. The minimum absolute atomic E-state index is 0.299. The van der Waals surface area contributed by atoms with Crippen LogP contribution in [-0.4, -0.2) is 9.97 Å². The molecule has 94 valence electrons. The highest BCUT2D eigenvalue weighted by Crippen LogP contribution is 2.22. The van der Waals surface area contributed by atoms with Crippen molar-refractivity contribution >= 4 is 22.5 Å². The number of ether oxygens (including phenoxy) is 1. The summed E-state index contributed by atoms with van der Waals surface area (Å²) in [5.74, 6) is 0. The molecule has 0 unspecified atom stereocenters. The first-order valence-electron chi connectivity index (χ1n) is 5.92. The summed E-state index contributed by atoms with van der Waals surface area (Å²) in [7, 11) is 0. The molecule has 0 spiro atoms. The molecule has 0 saturated heterocycles. The maximum atomic E-state index is 6.11. The van der Waals surface area contributed by atoms with Crippen LogP contribution in [0, 0.1) is 0 Å². The van der Waals surface area contributed by atoms with Gasteiger partial charge in [-0.3, -0.25) is 0 Å². The molecule has 0 atom stereocenters. The average Bonchev–Trinajstić information content (AvgIpc) is 2.46. The average molecular weight is 271 g/mol. The third-order valence-corrected chi connectivity index (χ3v) is 3.04. The lowest BCUT2D eigenvalue weighted by Crippen LogP contribution is -2.00. The number of para-hydroxylation sites is 1. The molecule has 0 N–H and O–H groups in total. The zero-order valence-corrected chi connectivity index (χ0v) is 10.8. The van der Waals surface area contributed by atoms with Crippen LogP contribution in [0.4, 0.5) is 0 Å². The van der Waals surface area contributed by atoms with Crippen molar-refractivity contribution in [3.8, 4) is 6.01 Å². The molecule has 3 rings (SSSR count). The van der Waals surface area contributed by atoms with E-state index in [-0.39, 0.29) is 0 Å². The quantitative estimate of drug-likeness (QED) is 0.678. The van der Waals surface area contributed by atoms with Crippen LogP contribution in [0.25, 0.3) is 10.9 Å². The fourth-order valence-corrected chi connectivity index (χ4v) is 2.04. The molecular weight excluding hydrogens is 260 g/mol. The lowest BCUT2D eigenvalue weighted by Gasteiger charge is -2.06. The molecule has 1 heterocycles. The summed E-state index contributed by atoms with van der Waals surface area (Å²) in [6.07, 6.45) is 0. The van der Waals surface area contributed by atoms with Gasteiger partial charge in [0.05, 0.1) is 5.52 Å². The van der Waals surface area contributed by atoms with Crippen LogP contribution in [-0.2, 0) is 6.61 Å². The van der Waals surface area contributed by atoms with Crippen molar-refractivity contribution in [2.45, 2.75) is 6.61 Å². The second-order valence-electron chi connectivity index (χ2n) is 4.09. The van der Waals surface area contributed by atoms with Crippen LogP contribution < -0.4 is 4.74 Å². The van der Waals surface area contributed by atoms with Crippen LogP contribution in [0.5, 0.6) is 6.01 Å². The highest BCUT2D eigenvalue weighted by atomic mass is 35.5. The van der Waals surface area contributed by atoms with E-state index in [0.717, 1.165) is 16.5 Å². The molecule has 3 aromatic rings. The Morgan fingerprint density at radius 2 is 1.63 bits per heavy atom. The van der Waals surface area contributed by atoms with Crippen LogP contribution in [0.1, 0.15) is 5.56 Å². The molecule has 0 bridgehead atoms. The molecule has 0 radical (unpaired) electrons. The van der Waals surface area contributed by atoms with E-state index in [4.69, 9.17) is 16.3 Å². The van der Waals surface area contributed by atoms with Gasteiger partial charge in [0.25, 0.3) is 0 Å². The van der Waals surface area contributed by atoms with Crippen LogP contribution in [0.15, 0.2) is 54.6 Å². The van der Waals surface area contributed by atoms with E-state index in [2.05, 4.69) is 9.97 Å². The molecule has 2 aromatic carbocycles. The first-order valence-corrected chi connectivity index (χ1v) is 6.30. The van der Waals surface area contributed by atoms with E-state index in [1.165, 1.54) is 0 Å². The molecule has 1 aromatic heterocycles. The van der Waals surface area contributed by atoms with Crippen LogP contribution in [0.3, 0.4) is 0 Å². The second-order valence-corrected chi connectivity index (χ2v) is 4.45. The minimum Gasteiger partial charge on any atom is -0.459 e. The minimum atomic E-state index is 0.299. The van der Waals surface area contributed by atoms with E-state index in [9.17, 15) is 0 Å². The topological polar surface area (TPSA) is 35.0 Å². The van der Waals surface area contributed by atoms with E-state index < -0.39 is 0 Å². The Bertz CT molecular complexity index is 701. The number of fused-ring (bicyclic) bond motifs is 1. The molecule has 4 heteroatoms. The Labute approximate surface area is 115 Å². The van der Waals surface area contributed by atoms with Gasteiger partial charge in [0.1, 0.15) is 11.8 Å². The smallest absolute Gasteiger partial charge is 0.318 e. The standard InChI is InChI=1S/C15H11ClN2O/c16-14-12-8-4-5-9-13(12)17-15(18-14)19-10-11-6-2-1-3-7-11/h1-9H,10H2. The molecular formula is C15H11ClN2O. The summed E-state index contributed by atoms with van der Waals surface area (Å²) in [6.45, 7) is 0.426. The van der Waals surface area contributed by atoms with Gasteiger partial charge in [0.2, 0.25) is 0 Å². The summed E-state index contributed by atoms with van der Waals surface area (Å²) in [5, 5.41) is 1.24. The normalized spacial score (nSPS) is 10.6. The van der Waals surface area contributed by atoms with Gasteiger partial charge in [-0.15, -0.1) is 0 Å². The Kier molecular flexibility index (Phi) is 3.29. The number of hydrogen-bond acceptors (Lipinski definition) is 3. The second kappa shape index (κ2) is 5.24. The molecule has 19 heavy (non-hydrogen) atoms.